The van der Waals surface area contributed by atoms with Gasteiger partial charge in [0.25, 0.3) is 0 Å². The highest BCUT2D eigenvalue weighted by atomic mass is 79.9. The van der Waals surface area contributed by atoms with Gasteiger partial charge in [-0.3, -0.25) is 0 Å². The molecule has 0 saturated carbocycles. The molecule has 0 saturated heterocycles. The first-order valence-corrected chi connectivity index (χ1v) is 6.92. The van der Waals surface area contributed by atoms with E-state index in [4.69, 9.17) is 16.3 Å². The van der Waals surface area contributed by atoms with Crippen LogP contribution in [-0.2, 0) is 4.74 Å². The first-order valence-electron chi connectivity index (χ1n) is 4.01. The summed E-state index contributed by atoms with van der Waals surface area (Å²) < 4.78 is 10.3. The van der Waals surface area contributed by atoms with Gasteiger partial charge in [-0.15, -0.1) is 11.6 Å². The third-order valence-corrected chi connectivity index (χ3v) is 4.48. The average molecular weight is 410 g/mol. The quantitative estimate of drug-likeness (QED) is 0.665. The third kappa shape index (κ3) is 2.76. The molecule has 80 valence electrons. The molecular weight excluding hydrogens is 401 g/mol. The van der Waals surface area contributed by atoms with Gasteiger partial charge in [0, 0.05) is 6.61 Å². The molecule has 1 atom stereocenters. The van der Waals surface area contributed by atoms with Crippen LogP contribution in [0.3, 0.4) is 0 Å². The molecule has 1 aromatic rings. The second-order valence-electron chi connectivity index (χ2n) is 2.54. The van der Waals surface area contributed by atoms with Gasteiger partial charge in [0.15, 0.2) is 0 Å². The second-order valence-corrected chi connectivity index (χ2v) is 5.27. The number of hydrogen-bond donors (Lipinski definition) is 0. The Bertz CT molecular complexity index is 316. The number of alkyl halides is 1. The summed E-state index contributed by atoms with van der Waals surface area (Å²) in [6.07, 6.45) is -0.156. The lowest BCUT2D eigenvalue weighted by Gasteiger charge is -2.18. The normalized spacial score (nSPS) is 13.2. The fraction of sp³-hybridized carbons (Fsp3) is 0.500. The molecule has 0 aliphatic carbocycles. The van der Waals surface area contributed by atoms with Gasteiger partial charge in [-0.05, 0) is 60.8 Å². The molecular formula is C8H9Br3ClNO. The molecule has 0 amide bonds. The van der Waals surface area contributed by atoms with Crippen molar-refractivity contribution in [2.45, 2.75) is 13.2 Å². The summed E-state index contributed by atoms with van der Waals surface area (Å²) in [7, 11) is 0. The van der Waals surface area contributed by atoms with Crippen molar-refractivity contribution < 1.29 is 4.74 Å². The SMILES string of the molecule is CCOC(CCl)n1c(Br)cc(Br)c1Br. The van der Waals surface area contributed by atoms with Crippen molar-refractivity contribution in [3.8, 4) is 0 Å². The van der Waals surface area contributed by atoms with Crippen LogP contribution in [0.25, 0.3) is 0 Å². The van der Waals surface area contributed by atoms with Gasteiger partial charge in [0.2, 0.25) is 0 Å². The zero-order chi connectivity index (χ0) is 10.7. The van der Waals surface area contributed by atoms with Crippen LogP contribution in [0.5, 0.6) is 0 Å². The van der Waals surface area contributed by atoms with Crippen molar-refractivity contribution in [1.29, 1.82) is 0 Å². The molecule has 0 aliphatic heterocycles. The van der Waals surface area contributed by atoms with Crippen LogP contribution >= 0.6 is 59.4 Å². The van der Waals surface area contributed by atoms with E-state index in [1.807, 2.05) is 17.6 Å². The van der Waals surface area contributed by atoms with E-state index in [9.17, 15) is 0 Å². The van der Waals surface area contributed by atoms with Gasteiger partial charge >= 0.3 is 0 Å². The molecule has 14 heavy (non-hydrogen) atoms. The van der Waals surface area contributed by atoms with Crippen LogP contribution < -0.4 is 0 Å². The Kier molecular flexibility index (Phi) is 5.49. The summed E-state index contributed by atoms with van der Waals surface area (Å²) in [6.45, 7) is 2.58. The Hall–Kier alpha value is 0.970. The van der Waals surface area contributed by atoms with Gasteiger partial charge in [-0.1, -0.05) is 0 Å². The summed E-state index contributed by atoms with van der Waals surface area (Å²) in [4.78, 5) is 0. The fourth-order valence-electron chi connectivity index (χ4n) is 1.09. The summed E-state index contributed by atoms with van der Waals surface area (Å²) in [6, 6.07) is 1.95. The van der Waals surface area contributed by atoms with E-state index in [0.717, 1.165) is 13.7 Å². The maximum Gasteiger partial charge on any atom is 0.148 e. The predicted octanol–water partition coefficient (Wildman–Crippen LogP) is 4.55. The Labute approximate surface area is 113 Å². The average Bonchev–Trinajstić information content (AvgIpc) is 2.39. The number of halogens is 4. The minimum atomic E-state index is -0.156. The lowest BCUT2D eigenvalue weighted by molar-refractivity contribution is 0.0247. The summed E-state index contributed by atoms with van der Waals surface area (Å²) >= 11 is 16.2. The Morgan fingerprint density at radius 2 is 2.14 bits per heavy atom. The minimum absolute atomic E-state index is 0.156. The van der Waals surface area contributed by atoms with E-state index in [2.05, 4.69) is 47.8 Å². The van der Waals surface area contributed by atoms with Gasteiger partial charge in [-0.25, -0.2) is 0 Å². The Morgan fingerprint density at radius 1 is 1.50 bits per heavy atom. The molecule has 2 nitrogen and oxygen atoms in total. The van der Waals surface area contributed by atoms with Crippen LogP contribution in [-0.4, -0.2) is 17.1 Å². The first-order chi connectivity index (χ1) is 6.61. The molecule has 1 unspecified atom stereocenters. The molecule has 0 radical (unpaired) electrons. The molecule has 0 bridgehead atoms. The number of nitrogens with zero attached hydrogens (tertiary/aromatic N) is 1. The van der Waals surface area contributed by atoms with Gasteiger partial charge in [0.05, 0.1) is 15.0 Å². The molecule has 1 heterocycles. The maximum absolute atomic E-state index is 5.83. The van der Waals surface area contributed by atoms with E-state index in [-0.39, 0.29) is 6.23 Å². The Morgan fingerprint density at radius 3 is 2.50 bits per heavy atom. The standard InChI is InChI=1S/C8H9Br3ClNO/c1-2-14-7(4-12)13-6(10)3-5(9)8(13)11/h3,7H,2,4H2,1H3. The van der Waals surface area contributed by atoms with Crippen molar-refractivity contribution in [3.63, 3.8) is 0 Å². The van der Waals surface area contributed by atoms with Crippen molar-refractivity contribution in [2.75, 3.05) is 12.5 Å². The number of hydrogen-bond acceptors (Lipinski definition) is 1. The van der Waals surface area contributed by atoms with Crippen LogP contribution in [0.2, 0.25) is 0 Å². The van der Waals surface area contributed by atoms with Crippen LogP contribution in [0.4, 0.5) is 0 Å². The summed E-state index contributed by atoms with van der Waals surface area (Å²) in [5.74, 6) is 0.409. The smallest absolute Gasteiger partial charge is 0.148 e. The minimum Gasteiger partial charge on any atom is -0.357 e. The zero-order valence-electron chi connectivity index (χ0n) is 7.44. The topological polar surface area (TPSA) is 14.2 Å². The highest BCUT2D eigenvalue weighted by Crippen LogP contribution is 2.34. The van der Waals surface area contributed by atoms with Crippen LogP contribution in [0.15, 0.2) is 19.7 Å². The molecule has 6 heteroatoms. The number of ether oxygens (including phenoxy) is 1. The second kappa shape index (κ2) is 5.89. The summed E-state index contributed by atoms with van der Waals surface area (Å²) in [5.41, 5.74) is 0. The predicted molar refractivity (Wildman–Crippen MR) is 68.9 cm³/mol. The molecule has 0 N–H and O–H groups in total. The monoisotopic (exact) mass is 407 g/mol. The Balaban J connectivity index is 3.02. The molecule has 0 fully saturated rings. The molecule has 1 rings (SSSR count). The van der Waals surface area contributed by atoms with Crippen molar-refractivity contribution in [1.82, 2.24) is 4.57 Å². The number of aromatic nitrogens is 1. The van der Waals surface area contributed by atoms with Gasteiger partial charge in [-0.2, -0.15) is 0 Å². The van der Waals surface area contributed by atoms with E-state index in [0.29, 0.717) is 12.5 Å². The van der Waals surface area contributed by atoms with Crippen molar-refractivity contribution in [3.05, 3.63) is 19.7 Å². The summed E-state index contributed by atoms with van der Waals surface area (Å²) in [5, 5.41) is 0. The lowest BCUT2D eigenvalue weighted by atomic mass is 10.6. The van der Waals surface area contributed by atoms with E-state index < -0.39 is 0 Å². The van der Waals surface area contributed by atoms with Gasteiger partial charge in [0.1, 0.15) is 10.8 Å². The van der Waals surface area contributed by atoms with Crippen molar-refractivity contribution >= 4 is 59.4 Å². The maximum atomic E-state index is 5.83. The molecule has 0 aromatic carbocycles. The first kappa shape index (κ1) is 13.0. The van der Waals surface area contributed by atoms with E-state index >= 15 is 0 Å². The molecule has 0 spiro atoms. The third-order valence-electron chi connectivity index (χ3n) is 1.66. The van der Waals surface area contributed by atoms with Crippen LogP contribution in [0.1, 0.15) is 13.2 Å². The number of rotatable bonds is 4. The van der Waals surface area contributed by atoms with Crippen molar-refractivity contribution in [2.24, 2.45) is 0 Å². The zero-order valence-corrected chi connectivity index (χ0v) is 13.0. The van der Waals surface area contributed by atoms with Gasteiger partial charge < -0.3 is 9.30 Å². The highest BCUT2D eigenvalue weighted by Gasteiger charge is 2.17. The molecule has 0 aliphatic rings. The lowest BCUT2D eigenvalue weighted by Crippen LogP contribution is -2.15. The molecule has 1 aromatic heterocycles. The van der Waals surface area contributed by atoms with E-state index in [1.54, 1.807) is 0 Å². The van der Waals surface area contributed by atoms with E-state index in [1.165, 1.54) is 0 Å². The largest absolute Gasteiger partial charge is 0.357 e. The van der Waals surface area contributed by atoms with Crippen LogP contribution in [0, 0.1) is 0 Å². The highest BCUT2D eigenvalue weighted by molar-refractivity contribution is 9.13. The fourth-order valence-corrected chi connectivity index (χ4v) is 3.44.